The molecule has 0 saturated heterocycles. The van der Waals surface area contributed by atoms with Crippen LogP contribution in [0.2, 0.25) is 0 Å². The van der Waals surface area contributed by atoms with Crippen molar-refractivity contribution >= 4 is 6.09 Å². The zero-order valence-electron chi connectivity index (χ0n) is 11.3. The van der Waals surface area contributed by atoms with Gasteiger partial charge in [0.05, 0.1) is 6.10 Å². The molecule has 0 rings (SSSR count). The van der Waals surface area contributed by atoms with Gasteiger partial charge in [-0.15, -0.1) is 0 Å². The van der Waals surface area contributed by atoms with Crippen molar-refractivity contribution in [1.29, 1.82) is 0 Å². The van der Waals surface area contributed by atoms with Crippen molar-refractivity contribution in [3.8, 4) is 0 Å². The third-order valence-electron chi connectivity index (χ3n) is 2.27. The third kappa shape index (κ3) is 7.51. The van der Waals surface area contributed by atoms with Crippen molar-refractivity contribution in [3.05, 3.63) is 0 Å². The second-order valence-corrected chi connectivity index (χ2v) is 6.01. The molecular formula is C12H25NO3. The van der Waals surface area contributed by atoms with E-state index < -0.39 is 11.7 Å². The molecule has 0 fully saturated rings. The standard InChI is InChI=1S/C12H25NO3/c1-11(2,3)7-9(15-6)8-12(4,5)16-10(13)14/h9H,7-8H2,1-6H3,(H2,13,14)/t9-/m0/s1. The molecule has 0 saturated carbocycles. The summed E-state index contributed by atoms with van der Waals surface area (Å²) in [5, 5.41) is 0. The Labute approximate surface area is 98.5 Å². The molecule has 0 radical (unpaired) electrons. The minimum Gasteiger partial charge on any atom is -0.444 e. The largest absolute Gasteiger partial charge is 0.444 e. The topological polar surface area (TPSA) is 61.6 Å². The van der Waals surface area contributed by atoms with Gasteiger partial charge in [-0.2, -0.15) is 0 Å². The maximum absolute atomic E-state index is 10.7. The Bertz CT molecular complexity index is 231. The lowest BCUT2D eigenvalue weighted by atomic mass is 9.85. The Balaban J connectivity index is 4.36. The zero-order chi connectivity index (χ0) is 13.0. The summed E-state index contributed by atoms with van der Waals surface area (Å²) in [5.41, 5.74) is 4.62. The second-order valence-electron chi connectivity index (χ2n) is 6.01. The van der Waals surface area contributed by atoms with Crippen molar-refractivity contribution < 1.29 is 14.3 Å². The number of hydrogen-bond donors (Lipinski definition) is 1. The number of nitrogens with two attached hydrogens (primary N) is 1. The van der Waals surface area contributed by atoms with Gasteiger partial charge in [0.15, 0.2) is 0 Å². The maximum Gasteiger partial charge on any atom is 0.405 e. The molecule has 0 aromatic carbocycles. The summed E-state index contributed by atoms with van der Waals surface area (Å²) in [5.74, 6) is 0. The average Bonchev–Trinajstić information content (AvgIpc) is 1.96. The van der Waals surface area contributed by atoms with E-state index >= 15 is 0 Å². The van der Waals surface area contributed by atoms with E-state index in [1.807, 2.05) is 13.8 Å². The lowest BCUT2D eigenvalue weighted by Crippen LogP contribution is -2.36. The Morgan fingerprint density at radius 3 is 2.00 bits per heavy atom. The van der Waals surface area contributed by atoms with Crippen molar-refractivity contribution in [3.63, 3.8) is 0 Å². The molecule has 0 aliphatic heterocycles. The molecule has 96 valence electrons. The van der Waals surface area contributed by atoms with E-state index in [4.69, 9.17) is 15.2 Å². The van der Waals surface area contributed by atoms with Gasteiger partial charge in [0.2, 0.25) is 0 Å². The van der Waals surface area contributed by atoms with E-state index in [9.17, 15) is 4.79 Å². The second kappa shape index (κ2) is 5.53. The molecular weight excluding hydrogens is 206 g/mol. The highest BCUT2D eigenvalue weighted by atomic mass is 16.6. The number of primary amides is 1. The van der Waals surface area contributed by atoms with Crippen LogP contribution in [0.1, 0.15) is 47.5 Å². The molecule has 0 aliphatic rings. The van der Waals surface area contributed by atoms with Crippen LogP contribution in [0.3, 0.4) is 0 Å². The fraction of sp³-hybridized carbons (Fsp3) is 0.917. The molecule has 16 heavy (non-hydrogen) atoms. The zero-order valence-corrected chi connectivity index (χ0v) is 11.3. The van der Waals surface area contributed by atoms with Crippen LogP contribution in [-0.2, 0) is 9.47 Å². The van der Waals surface area contributed by atoms with E-state index in [2.05, 4.69) is 20.8 Å². The first-order chi connectivity index (χ1) is 7.06. The van der Waals surface area contributed by atoms with Crippen LogP contribution in [0.4, 0.5) is 4.79 Å². The van der Waals surface area contributed by atoms with Gasteiger partial charge in [-0.25, -0.2) is 4.79 Å². The van der Waals surface area contributed by atoms with Gasteiger partial charge in [0.25, 0.3) is 0 Å². The molecule has 4 nitrogen and oxygen atoms in total. The fourth-order valence-corrected chi connectivity index (χ4v) is 1.78. The number of ether oxygens (including phenoxy) is 2. The first kappa shape index (κ1) is 15.2. The third-order valence-corrected chi connectivity index (χ3v) is 2.27. The van der Waals surface area contributed by atoms with Crippen LogP contribution in [0.25, 0.3) is 0 Å². The first-order valence-corrected chi connectivity index (χ1v) is 5.57. The fourth-order valence-electron chi connectivity index (χ4n) is 1.78. The van der Waals surface area contributed by atoms with Crippen molar-refractivity contribution in [2.75, 3.05) is 7.11 Å². The van der Waals surface area contributed by atoms with E-state index in [0.717, 1.165) is 6.42 Å². The van der Waals surface area contributed by atoms with Crippen LogP contribution < -0.4 is 5.73 Å². The van der Waals surface area contributed by atoms with Gasteiger partial charge in [0, 0.05) is 13.5 Å². The van der Waals surface area contributed by atoms with E-state index in [1.54, 1.807) is 7.11 Å². The molecule has 0 spiro atoms. The number of rotatable bonds is 5. The highest BCUT2D eigenvalue weighted by molar-refractivity contribution is 5.65. The van der Waals surface area contributed by atoms with E-state index in [0.29, 0.717) is 6.42 Å². The molecule has 0 aliphatic carbocycles. The van der Waals surface area contributed by atoms with Gasteiger partial charge in [-0.1, -0.05) is 20.8 Å². The number of amides is 1. The number of methoxy groups -OCH3 is 1. The highest BCUT2D eigenvalue weighted by Gasteiger charge is 2.29. The van der Waals surface area contributed by atoms with Crippen molar-refractivity contribution in [2.45, 2.75) is 59.2 Å². The minimum atomic E-state index is -0.740. The predicted molar refractivity (Wildman–Crippen MR) is 64.2 cm³/mol. The summed E-state index contributed by atoms with van der Waals surface area (Å²) < 4.78 is 10.5. The van der Waals surface area contributed by atoms with E-state index in [-0.39, 0.29) is 11.5 Å². The normalized spacial score (nSPS) is 14.6. The first-order valence-electron chi connectivity index (χ1n) is 5.57. The molecule has 0 bridgehead atoms. The molecule has 0 heterocycles. The number of hydrogen-bond acceptors (Lipinski definition) is 3. The van der Waals surface area contributed by atoms with Crippen molar-refractivity contribution in [1.82, 2.24) is 0 Å². The van der Waals surface area contributed by atoms with Crippen molar-refractivity contribution in [2.24, 2.45) is 11.1 Å². The summed E-state index contributed by atoms with van der Waals surface area (Å²) >= 11 is 0. The van der Waals surface area contributed by atoms with Crippen LogP contribution in [0.5, 0.6) is 0 Å². The number of carbonyl (C=O) groups is 1. The van der Waals surface area contributed by atoms with Crippen LogP contribution >= 0.6 is 0 Å². The lowest BCUT2D eigenvalue weighted by Gasteiger charge is -2.31. The minimum absolute atomic E-state index is 0.0642. The van der Waals surface area contributed by atoms with Gasteiger partial charge in [0.1, 0.15) is 5.60 Å². The smallest absolute Gasteiger partial charge is 0.405 e. The lowest BCUT2D eigenvalue weighted by molar-refractivity contribution is -0.0236. The number of carbonyl (C=O) groups excluding carboxylic acids is 1. The molecule has 2 N–H and O–H groups in total. The molecule has 0 unspecified atom stereocenters. The van der Waals surface area contributed by atoms with Crippen LogP contribution in [-0.4, -0.2) is 24.9 Å². The Morgan fingerprint density at radius 1 is 1.19 bits per heavy atom. The quantitative estimate of drug-likeness (QED) is 0.791. The summed E-state index contributed by atoms with van der Waals surface area (Å²) in [7, 11) is 1.68. The average molecular weight is 231 g/mol. The Hall–Kier alpha value is -0.770. The van der Waals surface area contributed by atoms with Crippen LogP contribution in [0.15, 0.2) is 0 Å². The Morgan fingerprint density at radius 2 is 1.69 bits per heavy atom. The molecule has 1 amide bonds. The summed E-state index contributed by atoms with van der Waals surface area (Å²) in [6, 6.07) is 0. The molecule has 1 atom stereocenters. The van der Waals surface area contributed by atoms with Gasteiger partial charge in [-0.3, -0.25) is 0 Å². The van der Waals surface area contributed by atoms with Gasteiger partial charge < -0.3 is 15.2 Å². The summed E-state index contributed by atoms with van der Waals surface area (Å²) in [4.78, 5) is 10.7. The summed E-state index contributed by atoms with van der Waals surface area (Å²) in [6.45, 7) is 10.1. The molecule has 0 aromatic rings. The predicted octanol–water partition coefficient (Wildman–Crippen LogP) is 2.70. The Kier molecular flexibility index (Phi) is 5.26. The monoisotopic (exact) mass is 231 g/mol. The summed E-state index contributed by atoms with van der Waals surface area (Å²) in [6.07, 6.45) is 0.878. The maximum atomic E-state index is 10.7. The van der Waals surface area contributed by atoms with Gasteiger partial charge in [-0.05, 0) is 25.7 Å². The van der Waals surface area contributed by atoms with E-state index in [1.165, 1.54) is 0 Å². The molecule has 0 aromatic heterocycles. The van der Waals surface area contributed by atoms with Crippen LogP contribution in [0, 0.1) is 5.41 Å². The molecule has 4 heteroatoms. The SMILES string of the molecule is CO[C@@H](CC(C)(C)C)CC(C)(C)OC(N)=O. The van der Waals surface area contributed by atoms with Gasteiger partial charge >= 0.3 is 6.09 Å². The highest BCUT2D eigenvalue weighted by Crippen LogP contribution is 2.28.